The first-order valence-corrected chi connectivity index (χ1v) is 8.36. The number of rotatable bonds is 4. The maximum atomic E-state index is 5.38. The summed E-state index contributed by atoms with van der Waals surface area (Å²) in [5.41, 5.74) is 4.13. The summed E-state index contributed by atoms with van der Waals surface area (Å²) in [5.74, 6) is 1.49. The fourth-order valence-corrected chi connectivity index (χ4v) is 3.16. The van der Waals surface area contributed by atoms with Crippen molar-refractivity contribution >= 4 is 22.3 Å². The van der Waals surface area contributed by atoms with Crippen LogP contribution >= 0.6 is 0 Å². The third-order valence-corrected chi connectivity index (χ3v) is 4.38. The van der Waals surface area contributed by atoms with Crippen LogP contribution in [0.5, 0.6) is 5.75 Å². The lowest BCUT2D eigenvalue weighted by molar-refractivity contribution is 0.416. The SMILES string of the molecule is COc1c[c]ccc1Nc1cc2c(-c3cn(C)nc3C)cccc2cn1. The molecule has 1 N–H and O–H groups in total. The van der Waals surface area contributed by atoms with Gasteiger partial charge in [-0.25, -0.2) is 4.98 Å². The molecular weight excluding hydrogens is 324 g/mol. The molecule has 0 aliphatic heterocycles. The Balaban J connectivity index is 1.81. The van der Waals surface area contributed by atoms with Crippen LogP contribution in [0.15, 0.2) is 54.9 Å². The molecule has 2 aromatic heterocycles. The Morgan fingerprint density at radius 3 is 2.85 bits per heavy atom. The van der Waals surface area contributed by atoms with Gasteiger partial charge in [-0.1, -0.05) is 24.3 Å². The van der Waals surface area contributed by atoms with Crippen molar-refractivity contribution in [1.82, 2.24) is 14.8 Å². The molecule has 5 nitrogen and oxygen atoms in total. The van der Waals surface area contributed by atoms with Gasteiger partial charge >= 0.3 is 0 Å². The molecule has 0 amide bonds. The lowest BCUT2D eigenvalue weighted by Gasteiger charge is -2.12. The van der Waals surface area contributed by atoms with E-state index in [0.717, 1.165) is 44.8 Å². The summed E-state index contributed by atoms with van der Waals surface area (Å²) >= 11 is 0. The minimum Gasteiger partial charge on any atom is -0.495 e. The summed E-state index contributed by atoms with van der Waals surface area (Å²) in [6, 6.07) is 16.9. The quantitative estimate of drug-likeness (QED) is 0.593. The van der Waals surface area contributed by atoms with Crippen LogP contribution in [-0.2, 0) is 7.05 Å². The Morgan fingerprint density at radius 2 is 2.08 bits per heavy atom. The highest BCUT2D eigenvalue weighted by molar-refractivity contribution is 5.98. The van der Waals surface area contributed by atoms with Crippen molar-refractivity contribution in [3.05, 3.63) is 66.6 Å². The molecule has 1 radical (unpaired) electrons. The van der Waals surface area contributed by atoms with Crippen LogP contribution in [0.25, 0.3) is 21.9 Å². The number of aromatic nitrogens is 3. The van der Waals surface area contributed by atoms with Gasteiger partial charge in [-0.05, 0) is 42.1 Å². The van der Waals surface area contributed by atoms with E-state index in [9.17, 15) is 0 Å². The number of aryl methyl sites for hydroxylation is 2. The van der Waals surface area contributed by atoms with Gasteiger partial charge in [-0.15, -0.1) is 0 Å². The van der Waals surface area contributed by atoms with Crippen molar-refractivity contribution < 1.29 is 4.74 Å². The highest BCUT2D eigenvalue weighted by atomic mass is 16.5. The fourth-order valence-electron chi connectivity index (χ4n) is 3.16. The molecule has 0 bridgehead atoms. The minimum atomic E-state index is 0.728. The summed E-state index contributed by atoms with van der Waals surface area (Å²) in [5, 5.41) is 10.0. The summed E-state index contributed by atoms with van der Waals surface area (Å²) < 4.78 is 7.23. The Kier molecular flexibility index (Phi) is 4.05. The van der Waals surface area contributed by atoms with E-state index in [1.165, 1.54) is 0 Å². The lowest BCUT2D eigenvalue weighted by Crippen LogP contribution is -1.96. The zero-order valence-corrected chi connectivity index (χ0v) is 14.9. The molecule has 0 fully saturated rings. The van der Waals surface area contributed by atoms with Gasteiger partial charge in [-0.3, -0.25) is 4.68 Å². The second-order valence-electron chi connectivity index (χ2n) is 6.15. The zero-order valence-electron chi connectivity index (χ0n) is 14.9. The smallest absolute Gasteiger partial charge is 0.142 e. The average Bonchev–Trinajstić information content (AvgIpc) is 2.99. The monoisotopic (exact) mass is 343 g/mol. The van der Waals surface area contributed by atoms with E-state index in [1.54, 1.807) is 13.2 Å². The second kappa shape index (κ2) is 6.52. The van der Waals surface area contributed by atoms with Crippen molar-refractivity contribution in [1.29, 1.82) is 0 Å². The molecule has 4 rings (SSSR count). The maximum absolute atomic E-state index is 5.38. The third kappa shape index (κ3) is 2.88. The number of hydrogen-bond donors (Lipinski definition) is 1. The first-order valence-electron chi connectivity index (χ1n) is 8.36. The molecule has 0 aliphatic carbocycles. The number of ether oxygens (including phenoxy) is 1. The van der Waals surface area contributed by atoms with Crippen molar-refractivity contribution in [3.63, 3.8) is 0 Å². The zero-order chi connectivity index (χ0) is 18.1. The van der Waals surface area contributed by atoms with Crippen LogP contribution < -0.4 is 10.1 Å². The Morgan fingerprint density at radius 1 is 1.19 bits per heavy atom. The molecule has 4 aromatic rings. The predicted molar refractivity (Wildman–Crippen MR) is 104 cm³/mol. The third-order valence-electron chi connectivity index (χ3n) is 4.38. The van der Waals surface area contributed by atoms with Gasteiger partial charge in [0, 0.05) is 30.4 Å². The van der Waals surface area contributed by atoms with Crippen LogP contribution in [0, 0.1) is 13.0 Å². The summed E-state index contributed by atoms with van der Waals surface area (Å²) in [4.78, 5) is 4.54. The van der Waals surface area contributed by atoms with Crippen molar-refractivity contribution in [2.45, 2.75) is 6.92 Å². The van der Waals surface area contributed by atoms with E-state index in [-0.39, 0.29) is 0 Å². The van der Waals surface area contributed by atoms with E-state index in [4.69, 9.17) is 4.74 Å². The van der Waals surface area contributed by atoms with E-state index < -0.39 is 0 Å². The van der Waals surface area contributed by atoms with Crippen molar-refractivity contribution in [2.75, 3.05) is 12.4 Å². The highest BCUT2D eigenvalue weighted by Crippen LogP contribution is 2.33. The molecule has 0 aliphatic rings. The molecule has 0 unspecified atom stereocenters. The van der Waals surface area contributed by atoms with Gasteiger partial charge in [-0.2, -0.15) is 5.10 Å². The minimum absolute atomic E-state index is 0.728. The maximum Gasteiger partial charge on any atom is 0.142 e. The number of pyridine rings is 1. The number of hydrogen-bond acceptors (Lipinski definition) is 4. The van der Waals surface area contributed by atoms with Gasteiger partial charge in [0.25, 0.3) is 0 Å². The van der Waals surface area contributed by atoms with Crippen LogP contribution in [-0.4, -0.2) is 21.9 Å². The number of nitrogens with one attached hydrogen (secondary N) is 1. The Labute approximate surface area is 152 Å². The average molecular weight is 343 g/mol. The van der Waals surface area contributed by atoms with Crippen LogP contribution in [0.2, 0.25) is 0 Å². The van der Waals surface area contributed by atoms with E-state index in [0.29, 0.717) is 0 Å². The molecule has 129 valence electrons. The molecule has 0 spiro atoms. The van der Waals surface area contributed by atoms with Gasteiger partial charge in [0.05, 0.1) is 18.5 Å². The van der Waals surface area contributed by atoms with Crippen molar-refractivity contribution in [3.8, 4) is 16.9 Å². The Bertz CT molecular complexity index is 1080. The number of nitrogens with zero attached hydrogens (tertiary/aromatic N) is 3. The van der Waals surface area contributed by atoms with Gasteiger partial charge < -0.3 is 10.1 Å². The van der Waals surface area contributed by atoms with Crippen molar-refractivity contribution in [2.24, 2.45) is 7.05 Å². The van der Waals surface area contributed by atoms with E-state index in [2.05, 4.69) is 45.7 Å². The molecule has 5 heteroatoms. The predicted octanol–water partition coefficient (Wildman–Crippen LogP) is 4.50. The molecule has 0 saturated carbocycles. The van der Waals surface area contributed by atoms with E-state index in [1.807, 2.05) is 43.2 Å². The summed E-state index contributed by atoms with van der Waals surface area (Å²) in [6.45, 7) is 2.03. The summed E-state index contributed by atoms with van der Waals surface area (Å²) in [7, 11) is 3.58. The normalized spacial score (nSPS) is 10.9. The lowest BCUT2D eigenvalue weighted by atomic mass is 10.00. The molecule has 2 aromatic carbocycles. The fraction of sp³-hybridized carbons (Fsp3) is 0.143. The molecule has 0 saturated heterocycles. The summed E-state index contributed by atoms with van der Waals surface area (Å²) in [6.07, 6.45) is 3.93. The molecular formula is C21H19N4O. The van der Waals surface area contributed by atoms with Gasteiger partial charge in [0.1, 0.15) is 11.6 Å². The molecule has 0 atom stereocenters. The number of anilines is 2. The second-order valence-corrected chi connectivity index (χ2v) is 6.15. The number of benzene rings is 2. The molecule has 26 heavy (non-hydrogen) atoms. The first kappa shape index (κ1) is 16.1. The Hall–Kier alpha value is -3.34. The standard InChI is InChI=1S/C21H19N4O/c1-14-18(13-25(2)24-14)16-8-6-7-15-12-22-21(11-17(15)16)23-19-9-4-5-10-20(19)26-3/h4,6-13H,1-3H3,(H,22,23). The number of methoxy groups -OCH3 is 1. The van der Waals surface area contributed by atoms with E-state index >= 15 is 0 Å². The molecule has 2 heterocycles. The highest BCUT2D eigenvalue weighted by Gasteiger charge is 2.11. The van der Waals surface area contributed by atoms with Crippen LogP contribution in [0.1, 0.15) is 5.69 Å². The largest absolute Gasteiger partial charge is 0.495 e. The van der Waals surface area contributed by atoms with Crippen LogP contribution in [0.4, 0.5) is 11.5 Å². The number of fused-ring (bicyclic) bond motifs is 1. The first-order chi connectivity index (χ1) is 12.7. The van der Waals surface area contributed by atoms with Gasteiger partial charge in [0.2, 0.25) is 0 Å². The van der Waals surface area contributed by atoms with Crippen LogP contribution in [0.3, 0.4) is 0 Å². The van der Waals surface area contributed by atoms with Gasteiger partial charge in [0.15, 0.2) is 0 Å². The topological polar surface area (TPSA) is 52.0 Å².